The van der Waals surface area contributed by atoms with Gasteiger partial charge >= 0.3 is 0 Å². The molecule has 2 heteroatoms. The summed E-state index contributed by atoms with van der Waals surface area (Å²) in [7, 11) is 1.93. The van der Waals surface area contributed by atoms with Crippen LogP contribution < -0.4 is 10.6 Å². The first-order chi connectivity index (χ1) is 4.88. The Balaban J connectivity index is 2.72. The molecule has 0 aliphatic carbocycles. The van der Waals surface area contributed by atoms with E-state index in [0.717, 1.165) is 18.8 Å². The molecule has 0 bridgehead atoms. The lowest BCUT2D eigenvalue weighted by Gasteiger charge is -2.19. The fourth-order valence-electron chi connectivity index (χ4n) is 1.18. The Bertz CT molecular complexity index is 159. The summed E-state index contributed by atoms with van der Waals surface area (Å²) in [6.07, 6.45) is 4.27. The van der Waals surface area contributed by atoms with Crippen LogP contribution in [0.5, 0.6) is 0 Å². The third-order valence-corrected chi connectivity index (χ3v) is 1.74. The minimum Gasteiger partial charge on any atom is -0.375 e. The van der Waals surface area contributed by atoms with Crippen LogP contribution in [0, 0.1) is 0 Å². The molecule has 0 saturated heterocycles. The van der Waals surface area contributed by atoms with Crippen molar-refractivity contribution in [3.63, 3.8) is 0 Å². The zero-order chi connectivity index (χ0) is 7.40. The second-order valence-electron chi connectivity index (χ2n) is 2.38. The zero-order valence-corrected chi connectivity index (χ0v) is 6.41. The second kappa shape index (κ2) is 3.30. The summed E-state index contributed by atoms with van der Waals surface area (Å²) >= 11 is 0. The van der Waals surface area contributed by atoms with E-state index in [1.165, 1.54) is 12.0 Å². The van der Waals surface area contributed by atoms with Crippen molar-refractivity contribution in [3.8, 4) is 0 Å². The summed E-state index contributed by atoms with van der Waals surface area (Å²) in [6.45, 7) is 4.82. The fraction of sp³-hybridized carbons (Fsp3) is 0.500. The summed E-state index contributed by atoms with van der Waals surface area (Å²) in [5.41, 5.74) is 1.30. The van der Waals surface area contributed by atoms with Crippen LogP contribution in [0.2, 0.25) is 0 Å². The van der Waals surface area contributed by atoms with Crippen molar-refractivity contribution in [2.24, 2.45) is 0 Å². The molecule has 0 saturated carbocycles. The molecular formula is C8H14N2. The quantitative estimate of drug-likeness (QED) is 0.594. The molecule has 0 aromatic rings. The highest BCUT2D eigenvalue weighted by Crippen LogP contribution is 2.12. The zero-order valence-electron chi connectivity index (χ0n) is 6.41. The lowest BCUT2D eigenvalue weighted by molar-refractivity contribution is 0.631. The minimum atomic E-state index is 1.08. The van der Waals surface area contributed by atoms with E-state index in [9.17, 15) is 0 Å². The molecule has 56 valence electrons. The van der Waals surface area contributed by atoms with Crippen molar-refractivity contribution in [3.05, 3.63) is 24.0 Å². The van der Waals surface area contributed by atoms with Crippen LogP contribution in [0.25, 0.3) is 0 Å². The number of nitrogens with one attached hydrogen (secondary N) is 2. The Kier molecular flexibility index (Phi) is 2.37. The average Bonchev–Trinajstić information content (AvgIpc) is 2.04. The average molecular weight is 138 g/mol. The smallest absolute Gasteiger partial charge is 0.102 e. The topological polar surface area (TPSA) is 24.1 Å². The maximum Gasteiger partial charge on any atom is 0.102 e. The fourth-order valence-corrected chi connectivity index (χ4v) is 1.18. The Morgan fingerprint density at radius 2 is 2.50 bits per heavy atom. The minimum absolute atomic E-state index is 1.08. The van der Waals surface area contributed by atoms with Crippen LogP contribution in [-0.4, -0.2) is 13.6 Å². The van der Waals surface area contributed by atoms with Gasteiger partial charge in [-0.05, 0) is 18.4 Å². The van der Waals surface area contributed by atoms with Crippen LogP contribution in [-0.2, 0) is 0 Å². The van der Waals surface area contributed by atoms with E-state index in [4.69, 9.17) is 0 Å². The van der Waals surface area contributed by atoms with Crippen molar-refractivity contribution < 1.29 is 0 Å². The Hall–Kier alpha value is -0.920. The molecular weight excluding hydrogens is 124 g/mol. The van der Waals surface area contributed by atoms with Gasteiger partial charge in [0.1, 0.15) is 5.82 Å². The van der Waals surface area contributed by atoms with E-state index in [0.29, 0.717) is 0 Å². The molecule has 0 aromatic carbocycles. The van der Waals surface area contributed by atoms with Crippen LogP contribution in [0.15, 0.2) is 24.0 Å². The first-order valence-electron chi connectivity index (χ1n) is 3.65. The normalized spacial score (nSPS) is 18.1. The Labute approximate surface area is 62.0 Å². The second-order valence-corrected chi connectivity index (χ2v) is 2.38. The van der Waals surface area contributed by atoms with E-state index >= 15 is 0 Å². The van der Waals surface area contributed by atoms with E-state index in [-0.39, 0.29) is 0 Å². The van der Waals surface area contributed by atoms with Gasteiger partial charge in [-0.1, -0.05) is 12.7 Å². The first-order valence-corrected chi connectivity index (χ1v) is 3.65. The van der Waals surface area contributed by atoms with Crippen molar-refractivity contribution in [2.45, 2.75) is 12.8 Å². The molecule has 0 amide bonds. The summed E-state index contributed by atoms with van der Waals surface area (Å²) in [5.74, 6) is 1.14. The van der Waals surface area contributed by atoms with Crippen molar-refractivity contribution in [1.82, 2.24) is 10.6 Å². The highest BCUT2D eigenvalue weighted by Gasteiger charge is 2.06. The maximum atomic E-state index is 3.74. The molecule has 1 aliphatic rings. The number of hydrogen-bond donors (Lipinski definition) is 2. The lowest BCUT2D eigenvalue weighted by Crippen LogP contribution is -2.29. The summed E-state index contributed by atoms with van der Waals surface area (Å²) in [4.78, 5) is 0. The molecule has 0 spiro atoms. The van der Waals surface area contributed by atoms with Crippen LogP contribution in [0.1, 0.15) is 12.8 Å². The molecule has 0 aromatic heterocycles. The highest BCUT2D eigenvalue weighted by molar-refractivity contribution is 5.23. The van der Waals surface area contributed by atoms with Crippen molar-refractivity contribution >= 4 is 0 Å². The number of allylic oxidation sites excluding steroid dienone is 2. The van der Waals surface area contributed by atoms with E-state index < -0.39 is 0 Å². The van der Waals surface area contributed by atoms with E-state index in [1.54, 1.807) is 0 Å². The van der Waals surface area contributed by atoms with Crippen molar-refractivity contribution in [1.29, 1.82) is 0 Å². The van der Waals surface area contributed by atoms with E-state index in [2.05, 4.69) is 17.2 Å². The van der Waals surface area contributed by atoms with Gasteiger partial charge in [0.25, 0.3) is 0 Å². The van der Waals surface area contributed by atoms with Gasteiger partial charge in [-0.3, -0.25) is 0 Å². The van der Waals surface area contributed by atoms with Gasteiger partial charge in [-0.25, -0.2) is 0 Å². The number of rotatable bonds is 2. The molecule has 2 N–H and O–H groups in total. The molecule has 0 unspecified atom stereocenters. The third-order valence-electron chi connectivity index (χ3n) is 1.74. The van der Waals surface area contributed by atoms with Gasteiger partial charge in [-0.15, -0.1) is 0 Å². The standard InChI is InChI=1S/C8H14N2/c1-3-7-5-4-6-10-8(7)9-2/h3,9-10H,1,4-6H2,2H3. The predicted octanol–water partition coefficient (Wildman–Crippen LogP) is 0.987. The van der Waals surface area contributed by atoms with Gasteiger partial charge in [0.2, 0.25) is 0 Å². The Morgan fingerprint density at radius 1 is 1.70 bits per heavy atom. The molecule has 0 fully saturated rings. The Morgan fingerprint density at radius 3 is 3.00 bits per heavy atom. The number of hydrogen-bond acceptors (Lipinski definition) is 2. The maximum absolute atomic E-state index is 3.74. The van der Waals surface area contributed by atoms with Gasteiger partial charge in [0, 0.05) is 13.6 Å². The van der Waals surface area contributed by atoms with Crippen molar-refractivity contribution in [2.75, 3.05) is 13.6 Å². The largest absolute Gasteiger partial charge is 0.375 e. The highest BCUT2D eigenvalue weighted by atomic mass is 15.1. The molecule has 1 heterocycles. The van der Waals surface area contributed by atoms with Crippen LogP contribution in [0.3, 0.4) is 0 Å². The summed E-state index contributed by atoms with van der Waals surface area (Å²) < 4.78 is 0. The SMILES string of the molecule is C=CC1=C(NC)NCCC1. The van der Waals surface area contributed by atoms with Gasteiger partial charge in [0.05, 0.1) is 0 Å². The molecule has 2 nitrogen and oxygen atoms in total. The molecule has 0 radical (unpaired) electrons. The molecule has 10 heavy (non-hydrogen) atoms. The van der Waals surface area contributed by atoms with Gasteiger partial charge in [0.15, 0.2) is 0 Å². The first kappa shape index (κ1) is 7.19. The third kappa shape index (κ3) is 1.32. The molecule has 1 rings (SSSR count). The van der Waals surface area contributed by atoms with Gasteiger partial charge < -0.3 is 10.6 Å². The summed E-state index contributed by atoms with van der Waals surface area (Å²) in [6, 6.07) is 0. The van der Waals surface area contributed by atoms with Crippen LogP contribution in [0.4, 0.5) is 0 Å². The van der Waals surface area contributed by atoms with E-state index in [1.807, 2.05) is 13.1 Å². The van der Waals surface area contributed by atoms with Crippen LogP contribution >= 0.6 is 0 Å². The predicted molar refractivity (Wildman–Crippen MR) is 43.5 cm³/mol. The lowest BCUT2D eigenvalue weighted by atomic mass is 10.1. The summed E-state index contributed by atoms with van der Waals surface area (Å²) in [5, 5.41) is 6.37. The monoisotopic (exact) mass is 138 g/mol. The molecule has 0 atom stereocenters. The van der Waals surface area contributed by atoms with Gasteiger partial charge in [-0.2, -0.15) is 0 Å². The molecule has 1 aliphatic heterocycles.